The van der Waals surface area contributed by atoms with Crippen molar-refractivity contribution < 1.29 is 23.8 Å². The number of amides is 2. The molecule has 1 atom stereocenters. The molecule has 2 amide bonds. The van der Waals surface area contributed by atoms with Gasteiger partial charge >= 0.3 is 0 Å². The Hall–Kier alpha value is -3.07. The van der Waals surface area contributed by atoms with Crippen molar-refractivity contribution in [2.24, 2.45) is 5.92 Å². The van der Waals surface area contributed by atoms with Gasteiger partial charge in [0.2, 0.25) is 0 Å². The summed E-state index contributed by atoms with van der Waals surface area (Å²) >= 11 is 0. The van der Waals surface area contributed by atoms with Crippen LogP contribution in [0.4, 0.5) is 5.82 Å². The van der Waals surface area contributed by atoms with E-state index in [2.05, 4.69) is 10.4 Å². The predicted molar refractivity (Wildman–Crippen MR) is 123 cm³/mol. The molecule has 0 spiro atoms. The Bertz CT molecular complexity index is 948. The number of carbonyl (C=O) groups excluding carboxylic acids is 2. The average Bonchev–Trinajstić information content (AvgIpc) is 3.51. The number of anilines is 1. The number of carbonyl (C=O) groups is 2. The number of benzene rings is 1. The lowest BCUT2D eigenvalue weighted by Gasteiger charge is -2.26. The van der Waals surface area contributed by atoms with Crippen LogP contribution < -0.4 is 14.8 Å². The summed E-state index contributed by atoms with van der Waals surface area (Å²) < 4.78 is 18.7. The van der Waals surface area contributed by atoms with E-state index in [4.69, 9.17) is 14.2 Å². The second-order valence-corrected chi connectivity index (χ2v) is 8.41. The zero-order valence-electron chi connectivity index (χ0n) is 19.1. The van der Waals surface area contributed by atoms with Crippen LogP contribution in [0.1, 0.15) is 43.0 Å². The molecule has 0 aliphatic carbocycles. The van der Waals surface area contributed by atoms with Gasteiger partial charge < -0.3 is 24.4 Å². The minimum Gasteiger partial charge on any atom is -0.490 e. The van der Waals surface area contributed by atoms with E-state index in [1.165, 1.54) is 6.42 Å². The lowest BCUT2D eigenvalue weighted by atomic mass is 10.1. The van der Waals surface area contributed by atoms with Crippen molar-refractivity contribution in [3.05, 3.63) is 36.0 Å². The summed E-state index contributed by atoms with van der Waals surface area (Å²) in [6.45, 7) is 5.98. The maximum absolute atomic E-state index is 12.9. The highest BCUT2D eigenvalue weighted by atomic mass is 16.5. The molecule has 1 aromatic carbocycles. The van der Waals surface area contributed by atoms with Gasteiger partial charge in [0.15, 0.2) is 18.1 Å². The summed E-state index contributed by atoms with van der Waals surface area (Å²) in [4.78, 5) is 27.2. The fourth-order valence-electron chi connectivity index (χ4n) is 4.16. The molecule has 3 heterocycles. The van der Waals surface area contributed by atoms with E-state index in [-0.39, 0.29) is 18.4 Å². The van der Waals surface area contributed by atoms with Crippen molar-refractivity contribution in [1.82, 2.24) is 14.7 Å². The van der Waals surface area contributed by atoms with Crippen molar-refractivity contribution in [3.63, 3.8) is 0 Å². The number of likely N-dealkylation sites (tertiary alicyclic amines) is 1. The zero-order chi connectivity index (χ0) is 23.0. The van der Waals surface area contributed by atoms with E-state index in [1.807, 2.05) is 11.8 Å². The van der Waals surface area contributed by atoms with Gasteiger partial charge in [0, 0.05) is 43.8 Å². The summed E-state index contributed by atoms with van der Waals surface area (Å²) in [5.74, 6) is 1.63. The standard InChI is InChI=1S/C24H32N4O5/c1-2-32-21-14-19(6-7-20(21)33-17-23(29)27-11-4-3-5-12-27)24(30)26-22-8-10-25-28(22)15-18-9-13-31-16-18/h6-8,10,14,18H,2-5,9,11-13,15-17H2,1H3,(H,26,30). The molecule has 1 N–H and O–H groups in total. The van der Waals surface area contributed by atoms with Gasteiger partial charge in [-0.2, -0.15) is 5.10 Å². The molecule has 33 heavy (non-hydrogen) atoms. The van der Waals surface area contributed by atoms with E-state index in [0.29, 0.717) is 48.6 Å². The van der Waals surface area contributed by atoms with Crippen molar-refractivity contribution in [2.75, 3.05) is 44.8 Å². The minimum atomic E-state index is -0.267. The molecule has 0 radical (unpaired) electrons. The third-order valence-electron chi connectivity index (χ3n) is 5.98. The molecule has 9 nitrogen and oxygen atoms in total. The summed E-state index contributed by atoms with van der Waals surface area (Å²) in [6, 6.07) is 6.77. The van der Waals surface area contributed by atoms with Crippen LogP contribution in [0.3, 0.4) is 0 Å². The summed E-state index contributed by atoms with van der Waals surface area (Å²) in [5, 5.41) is 7.26. The van der Waals surface area contributed by atoms with Crippen LogP contribution in [0.15, 0.2) is 30.5 Å². The first-order valence-corrected chi connectivity index (χ1v) is 11.7. The van der Waals surface area contributed by atoms with Gasteiger partial charge in [-0.3, -0.25) is 9.59 Å². The van der Waals surface area contributed by atoms with Gasteiger partial charge in [0.05, 0.1) is 19.4 Å². The lowest BCUT2D eigenvalue weighted by molar-refractivity contribution is -0.134. The maximum atomic E-state index is 12.9. The molecular weight excluding hydrogens is 424 g/mol. The fraction of sp³-hybridized carbons (Fsp3) is 0.542. The molecule has 2 aliphatic rings. The minimum absolute atomic E-state index is 0.0279. The molecule has 0 saturated carbocycles. The first-order valence-electron chi connectivity index (χ1n) is 11.7. The molecule has 178 valence electrons. The van der Waals surface area contributed by atoms with Gasteiger partial charge in [-0.05, 0) is 50.8 Å². The number of aromatic nitrogens is 2. The first kappa shape index (κ1) is 23.1. The highest BCUT2D eigenvalue weighted by Crippen LogP contribution is 2.29. The second kappa shape index (κ2) is 11.2. The molecule has 4 rings (SSSR count). The zero-order valence-corrected chi connectivity index (χ0v) is 19.1. The smallest absolute Gasteiger partial charge is 0.260 e. The van der Waals surface area contributed by atoms with Gasteiger partial charge in [-0.15, -0.1) is 0 Å². The van der Waals surface area contributed by atoms with Crippen LogP contribution in [0.2, 0.25) is 0 Å². The van der Waals surface area contributed by atoms with E-state index >= 15 is 0 Å². The van der Waals surface area contributed by atoms with Gasteiger partial charge in [-0.25, -0.2) is 4.68 Å². The Morgan fingerprint density at radius 1 is 1.15 bits per heavy atom. The van der Waals surface area contributed by atoms with Gasteiger partial charge in [0.25, 0.3) is 11.8 Å². The van der Waals surface area contributed by atoms with Crippen LogP contribution in [0, 0.1) is 5.92 Å². The topological polar surface area (TPSA) is 94.9 Å². The van der Waals surface area contributed by atoms with Gasteiger partial charge in [0.1, 0.15) is 5.82 Å². The summed E-state index contributed by atoms with van der Waals surface area (Å²) in [5.41, 5.74) is 0.435. The SMILES string of the molecule is CCOc1cc(C(=O)Nc2ccnn2CC2CCOC2)ccc1OCC(=O)N1CCCCC1. The van der Waals surface area contributed by atoms with Crippen molar-refractivity contribution in [3.8, 4) is 11.5 Å². The fourth-order valence-corrected chi connectivity index (χ4v) is 4.16. The monoisotopic (exact) mass is 456 g/mol. The molecule has 1 aromatic heterocycles. The highest BCUT2D eigenvalue weighted by Gasteiger charge is 2.20. The Balaban J connectivity index is 1.39. The quantitative estimate of drug-likeness (QED) is 0.623. The number of nitrogens with one attached hydrogen (secondary N) is 1. The van der Waals surface area contributed by atoms with Crippen molar-refractivity contribution in [1.29, 1.82) is 0 Å². The number of nitrogens with zero attached hydrogens (tertiary/aromatic N) is 3. The summed E-state index contributed by atoms with van der Waals surface area (Å²) in [7, 11) is 0. The Labute approximate surface area is 194 Å². The Kier molecular flexibility index (Phi) is 7.83. The van der Waals surface area contributed by atoms with E-state index in [9.17, 15) is 9.59 Å². The molecule has 2 aliphatic heterocycles. The van der Waals surface area contributed by atoms with Crippen LogP contribution in [0.5, 0.6) is 11.5 Å². The molecule has 2 saturated heterocycles. The number of rotatable bonds is 9. The average molecular weight is 457 g/mol. The molecule has 1 unspecified atom stereocenters. The van der Waals surface area contributed by atoms with Crippen molar-refractivity contribution >= 4 is 17.6 Å². The third-order valence-corrected chi connectivity index (χ3v) is 5.98. The van der Waals surface area contributed by atoms with Crippen LogP contribution in [-0.2, 0) is 16.1 Å². The number of piperidine rings is 1. The number of hydrogen-bond donors (Lipinski definition) is 1. The van der Waals surface area contributed by atoms with Crippen molar-refractivity contribution in [2.45, 2.75) is 39.2 Å². The molecule has 0 bridgehead atoms. The molecular formula is C24H32N4O5. The number of hydrogen-bond acceptors (Lipinski definition) is 6. The van der Waals surface area contributed by atoms with Crippen LogP contribution in [0.25, 0.3) is 0 Å². The molecule has 2 aromatic rings. The lowest BCUT2D eigenvalue weighted by Crippen LogP contribution is -2.38. The Morgan fingerprint density at radius 2 is 2.00 bits per heavy atom. The maximum Gasteiger partial charge on any atom is 0.260 e. The van der Waals surface area contributed by atoms with Crippen LogP contribution >= 0.6 is 0 Å². The van der Waals surface area contributed by atoms with Gasteiger partial charge in [-0.1, -0.05) is 0 Å². The summed E-state index contributed by atoms with van der Waals surface area (Å²) in [6.07, 6.45) is 5.90. The second-order valence-electron chi connectivity index (χ2n) is 8.41. The van der Waals surface area contributed by atoms with E-state index < -0.39 is 0 Å². The molecule has 9 heteroatoms. The van der Waals surface area contributed by atoms with E-state index in [1.54, 1.807) is 35.1 Å². The highest BCUT2D eigenvalue weighted by molar-refractivity contribution is 6.04. The molecule has 2 fully saturated rings. The first-order chi connectivity index (χ1) is 16.1. The third kappa shape index (κ3) is 6.04. The Morgan fingerprint density at radius 3 is 2.76 bits per heavy atom. The largest absolute Gasteiger partial charge is 0.490 e. The van der Waals surface area contributed by atoms with Crippen LogP contribution in [-0.4, -0.2) is 66.0 Å². The number of ether oxygens (including phenoxy) is 3. The normalized spacial score (nSPS) is 18.2. The van der Waals surface area contributed by atoms with E-state index in [0.717, 1.165) is 39.0 Å². The predicted octanol–water partition coefficient (Wildman–Crippen LogP) is 2.96.